The van der Waals surface area contributed by atoms with Gasteiger partial charge in [0, 0.05) is 23.5 Å². The van der Waals surface area contributed by atoms with Gasteiger partial charge in [-0.25, -0.2) is 9.37 Å². The molecule has 0 atom stereocenters. The molecule has 6 heteroatoms. The SMILES string of the molecule is CCOC(=O)Cc1ccc(-c2ccn3c(-c4ccnc(-c5ccccc5)c4)cnc3c2)cc1F. The Morgan fingerprint density at radius 3 is 2.53 bits per heavy atom. The Morgan fingerprint density at radius 2 is 1.74 bits per heavy atom. The van der Waals surface area contributed by atoms with Gasteiger partial charge in [-0.3, -0.25) is 14.2 Å². The predicted molar refractivity (Wildman–Crippen MR) is 130 cm³/mol. The number of carbonyl (C=O) groups excluding carboxylic acids is 1. The average molecular weight is 452 g/mol. The molecule has 0 aliphatic carbocycles. The van der Waals surface area contributed by atoms with E-state index < -0.39 is 11.8 Å². The second-order valence-corrected chi connectivity index (χ2v) is 7.87. The van der Waals surface area contributed by atoms with Crippen LogP contribution < -0.4 is 0 Å². The molecule has 0 N–H and O–H groups in total. The van der Waals surface area contributed by atoms with Crippen LogP contribution in [0.1, 0.15) is 12.5 Å². The molecular formula is C28H22FN3O2. The maximum Gasteiger partial charge on any atom is 0.310 e. The first-order valence-corrected chi connectivity index (χ1v) is 11.1. The van der Waals surface area contributed by atoms with Crippen LogP contribution in [-0.2, 0) is 16.0 Å². The minimum atomic E-state index is -0.438. The van der Waals surface area contributed by atoms with Crippen LogP contribution in [0, 0.1) is 5.82 Å². The number of benzene rings is 2. The lowest BCUT2D eigenvalue weighted by atomic mass is 10.0. The van der Waals surface area contributed by atoms with Gasteiger partial charge in [0.1, 0.15) is 11.5 Å². The maximum atomic E-state index is 14.6. The van der Waals surface area contributed by atoms with Gasteiger partial charge in [0.05, 0.1) is 30.6 Å². The number of nitrogens with zero attached hydrogens (tertiary/aromatic N) is 3. The van der Waals surface area contributed by atoms with Crippen molar-refractivity contribution in [2.24, 2.45) is 0 Å². The number of imidazole rings is 1. The van der Waals surface area contributed by atoms with Gasteiger partial charge < -0.3 is 4.74 Å². The molecule has 3 heterocycles. The summed E-state index contributed by atoms with van der Waals surface area (Å²) in [6.07, 6.45) is 5.47. The minimum Gasteiger partial charge on any atom is -0.466 e. The van der Waals surface area contributed by atoms with Crippen LogP contribution >= 0.6 is 0 Å². The number of carbonyl (C=O) groups is 1. The molecule has 0 unspecified atom stereocenters. The normalized spacial score (nSPS) is 11.0. The summed E-state index contributed by atoms with van der Waals surface area (Å²) in [5, 5.41) is 0. The number of halogens is 1. The quantitative estimate of drug-likeness (QED) is 0.298. The Labute approximate surface area is 196 Å². The molecular weight excluding hydrogens is 429 g/mol. The van der Waals surface area contributed by atoms with Crippen molar-refractivity contribution in [3.63, 3.8) is 0 Å². The number of aromatic nitrogens is 3. The van der Waals surface area contributed by atoms with E-state index in [0.29, 0.717) is 11.1 Å². The smallest absolute Gasteiger partial charge is 0.310 e. The van der Waals surface area contributed by atoms with Crippen LogP contribution in [-0.4, -0.2) is 26.9 Å². The van der Waals surface area contributed by atoms with Crippen molar-refractivity contribution in [1.29, 1.82) is 0 Å². The maximum absolute atomic E-state index is 14.6. The van der Waals surface area contributed by atoms with Crippen molar-refractivity contribution in [3.8, 4) is 33.6 Å². The summed E-state index contributed by atoms with van der Waals surface area (Å²) in [5.41, 5.74) is 6.51. The van der Waals surface area contributed by atoms with Gasteiger partial charge in [0.2, 0.25) is 0 Å². The first-order valence-electron chi connectivity index (χ1n) is 11.1. The van der Waals surface area contributed by atoms with E-state index in [-0.39, 0.29) is 13.0 Å². The molecule has 34 heavy (non-hydrogen) atoms. The van der Waals surface area contributed by atoms with Gasteiger partial charge >= 0.3 is 5.97 Å². The Kier molecular flexibility index (Phi) is 5.87. The second kappa shape index (κ2) is 9.27. The van der Waals surface area contributed by atoms with E-state index in [9.17, 15) is 9.18 Å². The van der Waals surface area contributed by atoms with Crippen LogP contribution in [0.5, 0.6) is 0 Å². The Morgan fingerprint density at radius 1 is 0.912 bits per heavy atom. The van der Waals surface area contributed by atoms with Crippen LogP contribution in [0.3, 0.4) is 0 Å². The number of rotatable bonds is 6. The van der Waals surface area contributed by atoms with Gasteiger partial charge in [0.25, 0.3) is 0 Å². The van der Waals surface area contributed by atoms with Gasteiger partial charge in [-0.2, -0.15) is 0 Å². The zero-order valence-electron chi connectivity index (χ0n) is 18.6. The number of ether oxygens (including phenoxy) is 1. The van der Waals surface area contributed by atoms with Crippen molar-refractivity contribution < 1.29 is 13.9 Å². The summed E-state index contributed by atoms with van der Waals surface area (Å²) in [7, 11) is 0. The fraction of sp³-hybridized carbons (Fsp3) is 0.107. The highest BCUT2D eigenvalue weighted by atomic mass is 19.1. The molecule has 0 amide bonds. The number of esters is 1. The summed E-state index contributed by atoms with van der Waals surface area (Å²) < 4.78 is 21.5. The third-order valence-corrected chi connectivity index (χ3v) is 5.66. The molecule has 5 aromatic rings. The van der Waals surface area contributed by atoms with E-state index in [4.69, 9.17) is 4.74 Å². The largest absolute Gasteiger partial charge is 0.466 e. The third kappa shape index (κ3) is 4.30. The molecule has 168 valence electrons. The lowest BCUT2D eigenvalue weighted by Crippen LogP contribution is -2.08. The minimum absolute atomic E-state index is 0.0838. The first-order chi connectivity index (χ1) is 16.6. The van der Waals surface area contributed by atoms with E-state index in [2.05, 4.69) is 9.97 Å². The van der Waals surface area contributed by atoms with Crippen molar-refractivity contribution in [1.82, 2.24) is 14.4 Å². The van der Waals surface area contributed by atoms with E-state index in [1.165, 1.54) is 6.07 Å². The molecule has 2 aromatic carbocycles. The third-order valence-electron chi connectivity index (χ3n) is 5.66. The molecule has 0 aliphatic heterocycles. The van der Waals surface area contributed by atoms with Gasteiger partial charge in [0.15, 0.2) is 0 Å². The van der Waals surface area contributed by atoms with E-state index in [0.717, 1.165) is 33.7 Å². The Bertz CT molecular complexity index is 1480. The summed E-state index contributed by atoms with van der Waals surface area (Å²) in [4.78, 5) is 20.8. The molecule has 0 saturated heterocycles. The zero-order valence-corrected chi connectivity index (χ0v) is 18.6. The first kappa shape index (κ1) is 21.5. The molecule has 0 aliphatic rings. The molecule has 0 radical (unpaired) electrons. The Hall–Kier alpha value is -4.32. The number of pyridine rings is 2. The topological polar surface area (TPSA) is 56.5 Å². The highest BCUT2D eigenvalue weighted by Gasteiger charge is 2.12. The lowest BCUT2D eigenvalue weighted by Gasteiger charge is -2.08. The van der Waals surface area contributed by atoms with Crippen LogP contribution in [0.15, 0.2) is 91.4 Å². The molecule has 5 rings (SSSR count). The summed E-state index contributed by atoms with van der Waals surface area (Å²) in [5.74, 6) is -0.869. The second-order valence-electron chi connectivity index (χ2n) is 7.87. The van der Waals surface area contributed by atoms with Crippen LogP contribution in [0.2, 0.25) is 0 Å². The number of fused-ring (bicyclic) bond motifs is 1. The molecule has 0 spiro atoms. The van der Waals surface area contributed by atoms with E-state index >= 15 is 0 Å². The van der Waals surface area contributed by atoms with E-state index in [1.807, 2.05) is 77.5 Å². The van der Waals surface area contributed by atoms with Crippen molar-refractivity contribution >= 4 is 11.6 Å². The fourth-order valence-electron chi connectivity index (χ4n) is 3.97. The molecule has 0 saturated carbocycles. The zero-order chi connectivity index (χ0) is 23.5. The standard InChI is InChI=1S/C28H22FN3O2/c1-2-34-28(33)17-22-9-8-20(14-24(22)29)21-11-13-32-26(18-31-27(32)16-21)23-10-12-30-25(15-23)19-6-4-3-5-7-19/h3-16,18H,2,17H2,1H3. The summed E-state index contributed by atoms with van der Waals surface area (Å²) in [6, 6.07) is 22.8. The highest BCUT2D eigenvalue weighted by Crippen LogP contribution is 2.28. The molecule has 5 nitrogen and oxygen atoms in total. The predicted octanol–water partition coefficient (Wildman–Crippen LogP) is 5.98. The van der Waals surface area contributed by atoms with Crippen LogP contribution in [0.25, 0.3) is 39.3 Å². The monoisotopic (exact) mass is 451 g/mol. The van der Waals surface area contributed by atoms with Crippen LogP contribution in [0.4, 0.5) is 4.39 Å². The van der Waals surface area contributed by atoms with Gasteiger partial charge in [-0.05, 0) is 53.9 Å². The number of hydrogen-bond donors (Lipinski definition) is 0. The molecule has 0 bridgehead atoms. The molecule has 3 aromatic heterocycles. The highest BCUT2D eigenvalue weighted by molar-refractivity contribution is 5.75. The molecule has 0 fully saturated rings. The summed E-state index contributed by atoms with van der Waals surface area (Å²) >= 11 is 0. The lowest BCUT2D eigenvalue weighted by molar-refractivity contribution is -0.142. The average Bonchev–Trinajstić information content (AvgIpc) is 3.29. The fourth-order valence-corrected chi connectivity index (χ4v) is 3.97. The van der Waals surface area contributed by atoms with Gasteiger partial charge in [-0.1, -0.05) is 42.5 Å². The van der Waals surface area contributed by atoms with Crippen molar-refractivity contribution in [2.45, 2.75) is 13.3 Å². The summed E-state index contributed by atoms with van der Waals surface area (Å²) in [6.45, 7) is 2.00. The van der Waals surface area contributed by atoms with E-state index in [1.54, 1.807) is 19.2 Å². The van der Waals surface area contributed by atoms with Gasteiger partial charge in [-0.15, -0.1) is 0 Å². The number of hydrogen-bond acceptors (Lipinski definition) is 4. The van der Waals surface area contributed by atoms with Crippen molar-refractivity contribution in [2.75, 3.05) is 6.61 Å². The van der Waals surface area contributed by atoms with Crippen molar-refractivity contribution in [3.05, 3.63) is 103 Å². The Balaban J connectivity index is 1.45.